The molecule has 1 amide bonds. The van der Waals surface area contributed by atoms with Crippen LogP contribution in [0.2, 0.25) is 0 Å². The first-order valence-electron chi connectivity index (χ1n) is 11.5. The Labute approximate surface area is 186 Å². The highest BCUT2D eigenvalue weighted by atomic mass is 19.4. The first kappa shape index (κ1) is 22.6. The van der Waals surface area contributed by atoms with E-state index >= 15 is 0 Å². The molecule has 0 radical (unpaired) electrons. The molecule has 1 N–H and O–H groups in total. The second kappa shape index (κ2) is 9.13. The second-order valence-corrected chi connectivity index (χ2v) is 9.38. The third kappa shape index (κ3) is 4.92. The van der Waals surface area contributed by atoms with E-state index in [4.69, 9.17) is 5.26 Å². The van der Waals surface area contributed by atoms with E-state index < -0.39 is 18.3 Å². The fourth-order valence-corrected chi connectivity index (χ4v) is 5.29. The van der Waals surface area contributed by atoms with Gasteiger partial charge in [0.05, 0.1) is 17.7 Å². The predicted molar refractivity (Wildman–Crippen MR) is 115 cm³/mol. The highest BCUT2D eigenvalue weighted by Crippen LogP contribution is 2.42. The minimum absolute atomic E-state index is 0.0370. The van der Waals surface area contributed by atoms with Gasteiger partial charge in [0.1, 0.15) is 6.17 Å². The van der Waals surface area contributed by atoms with Crippen LogP contribution in [0.4, 0.5) is 13.2 Å². The number of nitrogens with one attached hydrogen (secondary N) is 1. The van der Waals surface area contributed by atoms with Gasteiger partial charge in [0.25, 0.3) is 5.91 Å². The number of alkyl halides is 3. The van der Waals surface area contributed by atoms with Crippen molar-refractivity contribution in [3.8, 4) is 6.07 Å². The molecule has 2 aliphatic heterocycles. The molecule has 1 atom stereocenters. The standard InChI is InChI=1S/C24H29F3N4O/c1-15-2-5-19(17-8-10-20(11-9-17)24(25,26)27)12-22-29-21(13-23(32)31(22)30-15)18-6-3-16(14-28)4-7-18/h2,5,12-13,16-18,20,22,29H,3-4,6-11H2,1H3/b5-2?,19-12-,30-15?. The molecule has 2 aliphatic carbocycles. The first-order chi connectivity index (χ1) is 15.2. The number of nitrogens with zero attached hydrogens (tertiary/aromatic N) is 3. The van der Waals surface area contributed by atoms with Gasteiger partial charge in [0, 0.05) is 17.7 Å². The molecule has 0 aromatic heterocycles. The zero-order chi connectivity index (χ0) is 22.9. The number of nitriles is 1. The third-order valence-corrected chi connectivity index (χ3v) is 7.23. The predicted octanol–water partition coefficient (Wildman–Crippen LogP) is 5.20. The van der Waals surface area contributed by atoms with Crippen molar-refractivity contribution in [3.63, 3.8) is 0 Å². The van der Waals surface area contributed by atoms with Gasteiger partial charge in [-0.3, -0.25) is 4.79 Å². The number of hydrazone groups is 1. The van der Waals surface area contributed by atoms with Gasteiger partial charge >= 0.3 is 6.18 Å². The Morgan fingerprint density at radius 1 is 1.06 bits per heavy atom. The molecular formula is C24H29F3N4O. The lowest BCUT2D eigenvalue weighted by Crippen LogP contribution is -2.50. The summed E-state index contributed by atoms with van der Waals surface area (Å²) >= 11 is 0. The average molecular weight is 447 g/mol. The fraction of sp³-hybridized carbons (Fsp3) is 0.625. The van der Waals surface area contributed by atoms with E-state index in [0.717, 1.165) is 37.0 Å². The molecule has 32 heavy (non-hydrogen) atoms. The Kier molecular flexibility index (Phi) is 6.45. The van der Waals surface area contributed by atoms with Crippen molar-refractivity contribution < 1.29 is 18.0 Å². The largest absolute Gasteiger partial charge is 0.391 e. The van der Waals surface area contributed by atoms with Crippen LogP contribution in [-0.4, -0.2) is 29.0 Å². The molecule has 4 rings (SSSR count). The number of carbonyl (C=O) groups excluding carboxylic acids is 1. The second-order valence-electron chi connectivity index (χ2n) is 9.38. The van der Waals surface area contributed by atoms with Gasteiger partial charge in [0.2, 0.25) is 0 Å². The highest BCUT2D eigenvalue weighted by molar-refractivity contribution is 5.96. The van der Waals surface area contributed by atoms with Crippen LogP contribution in [0.5, 0.6) is 0 Å². The van der Waals surface area contributed by atoms with Crippen LogP contribution in [-0.2, 0) is 4.79 Å². The Balaban J connectivity index is 1.53. The summed E-state index contributed by atoms with van der Waals surface area (Å²) < 4.78 is 39.3. The van der Waals surface area contributed by atoms with Crippen molar-refractivity contribution >= 4 is 11.6 Å². The van der Waals surface area contributed by atoms with Crippen LogP contribution in [0.1, 0.15) is 58.3 Å². The first-order valence-corrected chi connectivity index (χ1v) is 11.5. The molecule has 2 fully saturated rings. The lowest BCUT2D eigenvalue weighted by Gasteiger charge is -2.37. The van der Waals surface area contributed by atoms with Crippen molar-refractivity contribution in [2.45, 2.75) is 70.6 Å². The number of hydrogen-bond acceptors (Lipinski definition) is 4. The molecule has 0 saturated heterocycles. The maximum Gasteiger partial charge on any atom is 0.391 e. The maximum absolute atomic E-state index is 13.1. The molecule has 1 unspecified atom stereocenters. The van der Waals surface area contributed by atoms with Crippen LogP contribution in [0.25, 0.3) is 0 Å². The molecule has 2 heterocycles. The van der Waals surface area contributed by atoms with Crippen molar-refractivity contribution in [2.75, 3.05) is 0 Å². The van der Waals surface area contributed by atoms with Gasteiger partial charge < -0.3 is 5.32 Å². The Bertz CT molecular complexity index is 895. The summed E-state index contributed by atoms with van der Waals surface area (Å²) in [5.74, 6) is -1.09. The summed E-state index contributed by atoms with van der Waals surface area (Å²) in [4.78, 5) is 12.9. The summed E-state index contributed by atoms with van der Waals surface area (Å²) in [5.41, 5.74) is 2.51. The van der Waals surface area contributed by atoms with Gasteiger partial charge in [-0.15, -0.1) is 0 Å². The summed E-state index contributed by atoms with van der Waals surface area (Å²) in [6.45, 7) is 1.81. The fourth-order valence-electron chi connectivity index (χ4n) is 5.29. The number of halogens is 3. The van der Waals surface area contributed by atoms with Gasteiger partial charge in [-0.05, 0) is 87.9 Å². The number of fused-ring (bicyclic) bond motifs is 1. The molecule has 5 nitrogen and oxygen atoms in total. The number of rotatable bonds is 2. The van der Waals surface area contributed by atoms with Gasteiger partial charge in [-0.2, -0.15) is 23.5 Å². The van der Waals surface area contributed by atoms with Crippen molar-refractivity contribution in [1.29, 1.82) is 5.26 Å². The minimum atomic E-state index is -4.13. The van der Waals surface area contributed by atoms with E-state index in [0.29, 0.717) is 18.6 Å². The van der Waals surface area contributed by atoms with Crippen LogP contribution in [0, 0.1) is 35.0 Å². The number of allylic oxidation sites excluding steroid dienone is 4. The Hall–Kier alpha value is -2.56. The van der Waals surface area contributed by atoms with Crippen molar-refractivity contribution in [1.82, 2.24) is 10.3 Å². The molecule has 0 bridgehead atoms. The Morgan fingerprint density at radius 3 is 2.34 bits per heavy atom. The minimum Gasteiger partial charge on any atom is -0.363 e. The molecule has 0 spiro atoms. The van der Waals surface area contributed by atoms with Gasteiger partial charge in [-0.1, -0.05) is 6.08 Å². The van der Waals surface area contributed by atoms with E-state index in [2.05, 4.69) is 16.5 Å². The summed E-state index contributed by atoms with van der Waals surface area (Å²) in [7, 11) is 0. The van der Waals surface area contributed by atoms with Gasteiger partial charge in [0.15, 0.2) is 0 Å². The van der Waals surface area contributed by atoms with Crippen molar-refractivity contribution in [2.24, 2.45) is 28.8 Å². The van der Waals surface area contributed by atoms with E-state index in [1.54, 1.807) is 6.08 Å². The smallest absolute Gasteiger partial charge is 0.363 e. The molecular weight excluding hydrogens is 417 g/mol. The molecule has 0 aromatic carbocycles. The lowest BCUT2D eigenvalue weighted by molar-refractivity contribution is -0.183. The SMILES string of the molecule is CC1=NN2C(=O)C=C(C3CCC(C#N)CC3)NC2/C=C(\C2CCC(C(F)(F)F)CC2)C=C1. The van der Waals surface area contributed by atoms with Crippen LogP contribution >= 0.6 is 0 Å². The summed E-state index contributed by atoms with van der Waals surface area (Å²) in [5, 5.41) is 18.5. The lowest BCUT2D eigenvalue weighted by atomic mass is 9.77. The molecule has 4 aliphatic rings. The number of hydrogen-bond donors (Lipinski definition) is 1. The third-order valence-electron chi connectivity index (χ3n) is 7.23. The monoisotopic (exact) mass is 446 g/mol. The van der Waals surface area contributed by atoms with Gasteiger partial charge in [-0.25, -0.2) is 5.01 Å². The molecule has 8 heteroatoms. The topological polar surface area (TPSA) is 68.5 Å². The van der Waals surface area contributed by atoms with Crippen molar-refractivity contribution in [3.05, 3.63) is 35.6 Å². The average Bonchev–Trinajstić information content (AvgIpc) is 2.76. The number of carbonyl (C=O) groups is 1. The van der Waals surface area contributed by atoms with Crippen LogP contribution < -0.4 is 5.32 Å². The highest BCUT2D eigenvalue weighted by Gasteiger charge is 2.42. The normalized spacial score (nSPS) is 35.2. The van der Waals surface area contributed by atoms with E-state index in [9.17, 15) is 18.0 Å². The molecule has 0 aromatic rings. The summed E-state index contributed by atoms with van der Waals surface area (Å²) in [6, 6.07) is 2.34. The van der Waals surface area contributed by atoms with E-state index in [-0.39, 0.29) is 36.5 Å². The van der Waals surface area contributed by atoms with Crippen LogP contribution in [0.3, 0.4) is 0 Å². The molecule has 2 saturated carbocycles. The quantitative estimate of drug-likeness (QED) is 0.634. The number of amides is 1. The Morgan fingerprint density at radius 2 is 1.72 bits per heavy atom. The van der Waals surface area contributed by atoms with Crippen LogP contribution in [0.15, 0.2) is 40.7 Å². The molecule has 172 valence electrons. The maximum atomic E-state index is 13.1. The van der Waals surface area contributed by atoms with E-state index in [1.165, 1.54) is 5.01 Å². The summed E-state index contributed by atoms with van der Waals surface area (Å²) in [6.07, 6.45) is 7.35. The van der Waals surface area contributed by atoms with E-state index in [1.807, 2.05) is 25.2 Å². The zero-order valence-corrected chi connectivity index (χ0v) is 18.2. The zero-order valence-electron chi connectivity index (χ0n) is 18.2.